The van der Waals surface area contributed by atoms with E-state index in [1.165, 1.54) is 20.0 Å². The van der Waals surface area contributed by atoms with Crippen LogP contribution in [0, 0.1) is 0 Å². The number of piperidine rings is 1. The molecule has 0 aliphatic carbocycles. The van der Waals surface area contributed by atoms with Crippen molar-refractivity contribution in [3.63, 3.8) is 0 Å². The average Bonchev–Trinajstić information content (AvgIpc) is 2.86. The smallest absolute Gasteiger partial charge is 0.326 e. The molecule has 3 N–H and O–H groups in total. The number of nitrogens with zero attached hydrogens (tertiary/aromatic N) is 1. The lowest BCUT2D eigenvalue weighted by Gasteiger charge is -2.32. The van der Waals surface area contributed by atoms with Crippen LogP contribution in [0.3, 0.4) is 0 Å². The Bertz CT molecular complexity index is 377. The quantitative estimate of drug-likeness (QED) is 0.660. The second kappa shape index (κ2) is 7.61. The van der Waals surface area contributed by atoms with E-state index in [-0.39, 0.29) is 12.5 Å². The second-order valence-electron chi connectivity index (χ2n) is 5.78. The van der Waals surface area contributed by atoms with E-state index in [9.17, 15) is 9.59 Å². The molecule has 2 fully saturated rings. The number of carboxylic acids is 1. The van der Waals surface area contributed by atoms with Gasteiger partial charge in [-0.3, -0.25) is 4.90 Å². The first-order valence-corrected chi connectivity index (χ1v) is 7.64. The van der Waals surface area contributed by atoms with Gasteiger partial charge in [-0.1, -0.05) is 6.42 Å². The largest absolute Gasteiger partial charge is 0.480 e. The molecular formula is C14H25N3O4. The zero-order chi connectivity index (χ0) is 15.2. The molecule has 0 aromatic heterocycles. The summed E-state index contributed by atoms with van der Waals surface area (Å²) < 4.78 is 4.87. The predicted molar refractivity (Wildman–Crippen MR) is 77.2 cm³/mol. The van der Waals surface area contributed by atoms with Gasteiger partial charge in [-0.15, -0.1) is 0 Å². The van der Waals surface area contributed by atoms with Crippen LogP contribution >= 0.6 is 0 Å². The van der Waals surface area contributed by atoms with Crippen LogP contribution in [0.15, 0.2) is 0 Å². The summed E-state index contributed by atoms with van der Waals surface area (Å²) >= 11 is 0. The molecular weight excluding hydrogens is 274 g/mol. The molecule has 21 heavy (non-hydrogen) atoms. The molecule has 0 spiro atoms. The number of hydrogen-bond donors (Lipinski definition) is 3. The van der Waals surface area contributed by atoms with E-state index in [2.05, 4.69) is 15.5 Å². The Morgan fingerprint density at radius 3 is 2.86 bits per heavy atom. The first-order chi connectivity index (χ1) is 10.1. The molecule has 0 aromatic carbocycles. The van der Waals surface area contributed by atoms with Crippen molar-refractivity contribution in [2.45, 2.75) is 50.2 Å². The Morgan fingerprint density at radius 1 is 1.33 bits per heavy atom. The molecule has 2 aliphatic rings. The first kappa shape index (κ1) is 16.0. The number of amides is 2. The van der Waals surface area contributed by atoms with Crippen LogP contribution in [0.5, 0.6) is 0 Å². The van der Waals surface area contributed by atoms with Crippen molar-refractivity contribution >= 4 is 12.0 Å². The highest BCUT2D eigenvalue weighted by Crippen LogP contribution is 2.26. The van der Waals surface area contributed by atoms with Crippen molar-refractivity contribution in [2.75, 3.05) is 26.8 Å². The molecule has 2 amide bonds. The van der Waals surface area contributed by atoms with E-state index in [0.717, 1.165) is 25.9 Å². The summed E-state index contributed by atoms with van der Waals surface area (Å²) in [7, 11) is 1.51. The van der Waals surface area contributed by atoms with Gasteiger partial charge >= 0.3 is 12.0 Å². The van der Waals surface area contributed by atoms with Gasteiger partial charge in [0.1, 0.15) is 6.04 Å². The van der Waals surface area contributed by atoms with Crippen LogP contribution in [-0.2, 0) is 9.53 Å². The number of rotatable bonds is 6. The molecule has 0 saturated carbocycles. The number of fused-ring (bicyclic) bond motifs is 1. The molecule has 2 aliphatic heterocycles. The third kappa shape index (κ3) is 4.31. The normalized spacial score (nSPS) is 26.9. The van der Waals surface area contributed by atoms with Crippen molar-refractivity contribution in [3.8, 4) is 0 Å². The van der Waals surface area contributed by atoms with Crippen LogP contribution in [0.4, 0.5) is 4.79 Å². The Kier molecular flexibility index (Phi) is 5.81. The molecule has 2 saturated heterocycles. The first-order valence-electron chi connectivity index (χ1n) is 7.64. The fourth-order valence-corrected chi connectivity index (χ4v) is 3.28. The molecule has 3 atom stereocenters. The van der Waals surface area contributed by atoms with Gasteiger partial charge < -0.3 is 20.5 Å². The number of carbonyl (C=O) groups excluding carboxylic acids is 1. The molecule has 0 aromatic rings. The van der Waals surface area contributed by atoms with Gasteiger partial charge in [0.25, 0.3) is 0 Å². The number of aliphatic carboxylic acids is 1. The molecule has 0 radical (unpaired) electrons. The minimum absolute atomic E-state index is 0.127. The van der Waals surface area contributed by atoms with E-state index in [1.54, 1.807) is 0 Å². The van der Waals surface area contributed by atoms with Crippen LogP contribution in [0.2, 0.25) is 0 Å². The van der Waals surface area contributed by atoms with Gasteiger partial charge in [0, 0.05) is 38.8 Å². The zero-order valence-corrected chi connectivity index (χ0v) is 12.5. The number of carboxylic acid groups (broad SMARTS) is 1. The third-order valence-corrected chi connectivity index (χ3v) is 4.39. The van der Waals surface area contributed by atoms with Gasteiger partial charge in [0.05, 0.1) is 0 Å². The standard InChI is InChI=1S/C14H25N3O4/c1-21-9-6-11(13(18)19)16-14(20)15-10-5-8-17-7-3-2-4-12(10)17/h10-12H,2-9H2,1H3,(H,18,19)(H2,15,16,20). The van der Waals surface area contributed by atoms with Gasteiger partial charge in [-0.25, -0.2) is 9.59 Å². The summed E-state index contributed by atoms with van der Waals surface area (Å²) in [5, 5.41) is 14.6. The molecule has 120 valence electrons. The lowest BCUT2D eigenvalue weighted by atomic mass is 9.99. The Hall–Kier alpha value is -1.34. The van der Waals surface area contributed by atoms with Gasteiger partial charge in [0.15, 0.2) is 0 Å². The number of hydrogen-bond acceptors (Lipinski definition) is 4. The zero-order valence-electron chi connectivity index (χ0n) is 12.5. The van der Waals surface area contributed by atoms with E-state index >= 15 is 0 Å². The van der Waals surface area contributed by atoms with E-state index in [0.29, 0.717) is 12.6 Å². The Balaban J connectivity index is 1.81. The minimum Gasteiger partial charge on any atom is -0.480 e. The summed E-state index contributed by atoms with van der Waals surface area (Å²) in [6, 6.07) is -0.765. The number of nitrogens with one attached hydrogen (secondary N) is 2. The maximum absolute atomic E-state index is 12.0. The van der Waals surface area contributed by atoms with Crippen LogP contribution in [0.25, 0.3) is 0 Å². The summed E-state index contributed by atoms with van der Waals surface area (Å²) in [5.74, 6) is -1.03. The maximum Gasteiger partial charge on any atom is 0.326 e. The minimum atomic E-state index is -1.03. The van der Waals surface area contributed by atoms with E-state index in [4.69, 9.17) is 9.84 Å². The molecule has 2 rings (SSSR count). The maximum atomic E-state index is 12.0. The molecule has 3 unspecified atom stereocenters. The van der Waals surface area contributed by atoms with Crippen molar-refractivity contribution in [3.05, 3.63) is 0 Å². The number of urea groups is 1. The van der Waals surface area contributed by atoms with Crippen molar-refractivity contribution < 1.29 is 19.4 Å². The fraction of sp³-hybridized carbons (Fsp3) is 0.857. The topological polar surface area (TPSA) is 90.9 Å². The summed E-state index contributed by atoms with van der Waals surface area (Å²) in [5.41, 5.74) is 0. The summed E-state index contributed by atoms with van der Waals surface area (Å²) in [6.45, 7) is 2.43. The predicted octanol–water partition coefficient (Wildman–Crippen LogP) is 0.402. The lowest BCUT2D eigenvalue weighted by Crippen LogP contribution is -2.53. The fourth-order valence-electron chi connectivity index (χ4n) is 3.28. The third-order valence-electron chi connectivity index (χ3n) is 4.39. The highest BCUT2D eigenvalue weighted by atomic mass is 16.5. The monoisotopic (exact) mass is 299 g/mol. The Morgan fingerprint density at radius 2 is 2.14 bits per heavy atom. The SMILES string of the molecule is COCCC(NC(=O)NC1CCN2CCCCC12)C(=O)O. The second-order valence-corrected chi connectivity index (χ2v) is 5.78. The van der Waals surface area contributed by atoms with Crippen LogP contribution in [0.1, 0.15) is 32.1 Å². The van der Waals surface area contributed by atoms with Gasteiger partial charge in [-0.05, 0) is 25.8 Å². The average molecular weight is 299 g/mol. The van der Waals surface area contributed by atoms with E-state index < -0.39 is 18.0 Å². The number of ether oxygens (including phenoxy) is 1. The molecule has 7 heteroatoms. The molecule has 2 heterocycles. The number of carbonyl (C=O) groups is 2. The van der Waals surface area contributed by atoms with E-state index in [1.807, 2.05) is 0 Å². The summed E-state index contributed by atoms with van der Waals surface area (Å²) in [4.78, 5) is 25.5. The van der Waals surface area contributed by atoms with Crippen LogP contribution < -0.4 is 10.6 Å². The Labute approximate surface area is 125 Å². The van der Waals surface area contributed by atoms with Crippen molar-refractivity contribution in [1.29, 1.82) is 0 Å². The highest BCUT2D eigenvalue weighted by molar-refractivity contribution is 5.82. The summed E-state index contributed by atoms with van der Waals surface area (Å²) in [6.07, 6.45) is 4.74. The number of methoxy groups -OCH3 is 1. The molecule has 7 nitrogen and oxygen atoms in total. The molecule has 0 bridgehead atoms. The van der Waals surface area contributed by atoms with Crippen molar-refractivity contribution in [1.82, 2.24) is 15.5 Å². The van der Waals surface area contributed by atoms with Crippen LogP contribution in [-0.4, -0.2) is 66.9 Å². The lowest BCUT2D eigenvalue weighted by molar-refractivity contribution is -0.139. The van der Waals surface area contributed by atoms with Gasteiger partial charge in [0.2, 0.25) is 0 Å². The van der Waals surface area contributed by atoms with Crippen molar-refractivity contribution in [2.24, 2.45) is 0 Å². The highest BCUT2D eigenvalue weighted by Gasteiger charge is 2.36. The van der Waals surface area contributed by atoms with Gasteiger partial charge in [-0.2, -0.15) is 0 Å².